The van der Waals surface area contributed by atoms with Crippen LogP contribution in [0, 0.1) is 5.82 Å². The predicted octanol–water partition coefficient (Wildman–Crippen LogP) is 3.70. The molecule has 0 saturated heterocycles. The molecule has 4 nitrogen and oxygen atoms in total. The van der Waals surface area contributed by atoms with E-state index >= 15 is 0 Å². The number of carbonyl (C=O) groups excluding carboxylic acids is 1. The Bertz CT molecular complexity index is 617. The molecule has 120 valence electrons. The second kappa shape index (κ2) is 4.86. The van der Waals surface area contributed by atoms with Gasteiger partial charge in [0.25, 0.3) is 0 Å². The Kier molecular flexibility index (Phi) is 3.34. The zero-order valence-corrected chi connectivity index (χ0v) is 13.3. The van der Waals surface area contributed by atoms with E-state index in [9.17, 15) is 14.3 Å². The number of nitrogens with zero attached hydrogens (tertiary/aromatic N) is 1. The minimum absolute atomic E-state index is 0.0518. The summed E-state index contributed by atoms with van der Waals surface area (Å²) in [6.07, 6.45) is 2.27. The van der Waals surface area contributed by atoms with Gasteiger partial charge in [0.1, 0.15) is 17.2 Å². The van der Waals surface area contributed by atoms with Crippen molar-refractivity contribution in [1.29, 1.82) is 0 Å². The van der Waals surface area contributed by atoms with Crippen molar-refractivity contribution in [2.75, 3.05) is 6.54 Å². The predicted molar refractivity (Wildman–Crippen MR) is 80.2 cm³/mol. The number of halogens is 1. The van der Waals surface area contributed by atoms with E-state index in [1.54, 1.807) is 4.90 Å². The number of ether oxygens (including phenoxy) is 1. The molecule has 0 atom stereocenters. The first-order chi connectivity index (χ1) is 10.2. The molecule has 22 heavy (non-hydrogen) atoms. The van der Waals surface area contributed by atoms with Gasteiger partial charge < -0.3 is 14.7 Å². The number of fused-ring (bicyclic) bond motifs is 2. The third kappa shape index (κ3) is 2.42. The summed E-state index contributed by atoms with van der Waals surface area (Å²) in [7, 11) is 0. The number of aromatic hydroxyl groups is 1. The fraction of sp³-hybridized carbons (Fsp3) is 0.588. The zero-order valence-electron chi connectivity index (χ0n) is 13.3. The summed E-state index contributed by atoms with van der Waals surface area (Å²) in [5.41, 5.74) is 0.178. The normalized spacial score (nSPS) is 19.5. The molecule has 2 aliphatic rings. The first kappa shape index (κ1) is 15.1. The van der Waals surface area contributed by atoms with E-state index in [0.717, 1.165) is 19.3 Å². The van der Waals surface area contributed by atoms with Gasteiger partial charge in [-0.2, -0.15) is 0 Å². The molecule has 1 aromatic carbocycles. The van der Waals surface area contributed by atoms with Crippen molar-refractivity contribution in [3.05, 3.63) is 29.1 Å². The van der Waals surface area contributed by atoms with Crippen molar-refractivity contribution in [3.8, 4) is 5.75 Å². The van der Waals surface area contributed by atoms with Crippen LogP contribution in [0.5, 0.6) is 5.75 Å². The summed E-state index contributed by atoms with van der Waals surface area (Å²) < 4.78 is 19.8. The standard InChI is InChI=1S/C17H22FNO3/c1-16(2,3)22-15(21)19-9-11-13(20)6-5-12(18)14(11)17(10-19)7-4-8-17/h5-6,20H,4,7-10H2,1-3H3. The molecule has 1 aliphatic heterocycles. The van der Waals surface area contributed by atoms with Gasteiger partial charge in [-0.15, -0.1) is 0 Å². The first-order valence-corrected chi connectivity index (χ1v) is 7.71. The number of amides is 1. The van der Waals surface area contributed by atoms with Crippen LogP contribution in [0.2, 0.25) is 0 Å². The first-order valence-electron chi connectivity index (χ1n) is 7.71. The quantitative estimate of drug-likeness (QED) is 0.795. The monoisotopic (exact) mass is 307 g/mol. The molecule has 1 fully saturated rings. The van der Waals surface area contributed by atoms with Gasteiger partial charge in [-0.1, -0.05) is 6.42 Å². The van der Waals surface area contributed by atoms with Crippen molar-refractivity contribution >= 4 is 6.09 Å². The van der Waals surface area contributed by atoms with E-state index in [-0.39, 0.29) is 23.5 Å². The van der Waals surface area contributed by atoms with E-state index in [4.69, 9.17) is 4.74 Å². The molecule has 1 aliphatic carbocycles. The van der Waals surface area contributed by atoms with Crippen LogP contribution in [0.1, 0.15) is 51.2 Å². The van der Waals surface area contributed by atoms with Gasteiger partial charge in [0.15, 0.2) is 0 Å². The fourth-order valence-electron chi connectivity index (χ4n) is 3.50. The average Bonchev–Trinajstić information content (AvgIpc) is 2.38. The summed E-state index contributed by atoms with van der Waals surface area (Å²) >= 11 is 0. The van der Waals surface area contributed by atoms with Crippen molar-refractivity contribution in [1.82, 2.24) is 4.90 Å². The van der Waals surface area contributed by atoms with Crippen LogP contribution in [-0.2, 0) is 16.7 Å². The number of phenolic OH excluding ortho intramolecular Hbond substituents is 1. The molecule has 1 heterocycles. The van der Waals surface area contributed by atoms with Crippen molar-refractivity contribution < 1.29 is 19.0 Å². The van der Waals surface area contributed by atoms with Gasteiger partial charge in [0.05, 0.1) is 6.54 Å². The van der Waals surface area contributed by atoms with Crippen LogP contribution in [-0.4, -0.2) is 28.2 Å². The Labute approximate surface area is 129 Å². The molecule has 1 spiro atoms. The van der Waals surface area contributed by atoms with Crippen LogP contribution in [0.3, 0.4) is 0 Å². The fourth-order valence-corrected chi connectivity index (χ4v) is 3.50. The average molecular weight is 307 g/mol. The second-order valence-corrected chi connectivity index (χ2v) is 7.39. The van der Waals surface area contributed by atoms with Crippen LogP contribution >= 0.6 is 0 Å². The molecule has 1 aromatic rings. The Hall–Kier alpha value is -1.78. The third-order valence-corrected chi connectivity index (χ3v) is 4.57. The minimum Gasteiger partial charge on any atom is -0.508 e. The van der Waals surface area contributed by atoms with E-state index in [1.165, 1.54) is 12.1 Å². The molecule has 0 radical (unpaired) electrons. The van der Waals surface area contributed by atoms with Crippen molar-refractivity contribution in [2.45, 2.75) is 57.6 Å². The number of hydrogen-bond donors (Lipinski definition) is 1. The lowest BCUT2D eigenvalue weighted by atomic mass is 9.61. The number of carbonyl (C=O) groups is 1. The zero-order chi connectivity index (χ0) is 16.1. The molecule has 1 saturated carbocycles. The largest absolute Gasteiger partial charge is 0.508 e. The summed E-state index contributed by atoms with van der Waals surface area (Å²) in [6, 6.07) is 2.68. The third-order valence-electron chi connectivity index (χ3n) is 4.57. The molecule has 5 heteroatoms. The SMILES string of the molecule is CC(C)(C)OC(=O)N1Cc2c(O)ccc(F)c2C2(CCC2)C1. The Balaban J connectivity index is 1.97. The summed E-state index contributed by atoms with van der Waals surface area (Å²) in [5, 5.41) is 10.1. The highest BCUT2D eigenvalue weighted by Gasteiger charge is 2.48. The van der Waals surface area contributed by atoms with Gasteiger partial charge in [-0.3, -0.25) is 0 Å². The molecule has 3 rings (SSSR count). The van der Waals surface area contributed by atoms with E-state index < -0.39 is 11.7 Å². The van der Waals surface area contributed by atoms with Gasteiger partial charge in [-0.25, -0.2) is 9.18 Å². The van der Waals surface area contributed by atoms with Gasteiger partial charge >= 0.3 is 6.09 Å². The Morgan fingerprint density at radius 1 is 1.36 bits per heavy atom. The highest BCUT2D eigenvalue weighted by molar-refractivity contribution is 5.69. The Morgan fingerprint density at radius 3 is 2.59 bits per heavy atom. The van der Waals surface area contributed by atoms with Crippen LogP contribution in [0.4, 0.5) is 9.18 Å². The number of phenols is 1. The van der Waals surface area contributed by atoms with Crippen LogP contribution < -0.4 is 0 Å². The summed E-state index contributed by atoms with van der Waals surface area (Å²) in [4.78, 5) is 14.0. The molecule has 0 unspecified atom stereocenters. The lowest BCUT2D eigenvalue weighted by Gasteiger charge is -2.49. The molecule has 1 N–H and O–H groups in total. The van der Waals surface area contributed by atoms with Gasteiger partial charge in [0, 0.05) is 23.1 Å². The summed E-state index contributed by atoms with van der Waals surface area (Å²) in [6.45, 7) is 6.10. The topological polar surface area (TPSA) is 49.8 Å². The van der Waals surface area contributed by atoms with E-state index in [2.05, 4.69) is 0 Å². The van der Waals surface area contributed by atoms with E-state index in [1.807, 2.05) is 20.8 Å². The van der Waals surface area contributed by atoms with Gasteiger partial charge in [0.2, 0.25) is 0 Å². The maximum atomic E-state index is 14.3. The van der Waals surface area contributed by atoms with Crippen LogP contribution in [0.25, 0.3) is 0 Å². The smallest absolute Gasteiger partial charge is 0.410 e. The highest BCUT2D eigenvalue weighted by Crippen LogP contribution is 2.51. The molecule has 0 aromatic heterocycles. The van der Waals surface area contributed by atoms with Crippen molar-refractivity contribution in [2.24, 2.45) is 0 Å². The Morgan fingerprint density at radius 2 is 2.05 bits per heavy atom. The van der Waals surface area contributed by atoms with Crippen molar-refractivity contribution in [3.63, 3.8) is 0 Å². The minimum atomic E-state index is -0.575. The van der Waals surface area contributed by atoms with Crippen LogP contribution in [0.15, 0.2) is 12.1 Å². The number of hydrogen-bond acceptors (Lipinski definition) is 3. The van der Waals surface area contributed by atoms with E-state index in [0.29, 0.717) is 17.7 Å². The maximum Gasteiger partial charge on any atom is 0.410 e. The highest BCUT2D eigenvalue weighted by atomic mass is 19.1. The summed E-state index contributed by atoms with van der Waals surface area (Å²) in [5.74, 6) is -0.229. The molecular formula is C17H22FNO3. The lowest BCUT2D eigenvalue weighted by Crippen LogP contribution is -2.52. The van der Waals surface area contributed by atoms with Gasteiger partial charge in [-0.05, 0) is 45.7 Å². The second-order valence-electron chi connectivity index (χ2n) is 7.39. The molecular weight excluding hydrogens is 285 g/mol. The number of rotatable bonds is 0. The molecule has 0 bridgehead atoms. The number of benzene rings is 1. The lowest BCUT2D eigenvalue weighted by molar-refractivity contribution is 0.00901. The molecule has 1 amide bonds. The maximum absolute atomic E-state index is 14.3.